The summed E-state index contributed by atoms with van der Waals surface area (Å²) in [6, 6.07) is 14.4. The SMILES string of the molecule is CC1=C(C(=O)Nc2ccc(Oc3ccnc(C(=O)NCCCN4CCOCC4)c3)cc2)N=NC1c1ccccc1OC(F)(F)F. The van der Waals surface area contributed by atoms with Crippen molar-refractivity contribution in [2.24, 2.45) is 10.2 Å². The van der Waals surface area contributed by atoms with Crippen molar-refractivity contribution in [1.82, 2.24) is 15.2 Å². The number of ether oxygens (including phenoxy) is 3. The molecule has 45 heavy (non-hydrogen) atoms. The van der Waals surface area contributed by atoms with E-state index >= 15 is 0 Å². The minimum atomic E-state index is -4.88. The number of anilines is 1. The van der Waals surface area contributed by atoms with Gasteiger partial charge in [-0.05, 0) is 61.9 Å². The van der Waals surface area contributed by atoms with Gasteiger partial charge in [0.25, 0.3) is 11.8 Å². The number of hydrogen-bond donors (Lipinski definition) is 2. The third-order valence-corrected chi connectivity index (χ3v) is 7.06. The Bertz CT molecular complexity index is 1570. The van der Waals surface area contributed by atoms with E-state index in [4.69, 9.17) is 9.47 Å². The van der Waals surface area contributed by atoms with Gasteiger partial charge in [-0.15, -0.1) is 18.3 Å². The topological polar surface area (TPSA) is 127 Å². The first kappa shape index (κ1) is 31.6. The highest BCUT2D eigenvalue weighted by Crippen LogP contribution is 2.40. The maximum Gasteiger partial charge on any atom is 0.573 e. The molecule has 11 nitrogen and oxygen atoms in total. The number of carbonyl (C=O) groups excluding carboxylic acids is 2. The number of azo groups is 1. The van der Waals surface area contributed by atoms with Crippen LogP contribution in [0.2, 0.25) is 0 Å². The van der Waals surface area contributed by atoms with E-state index in [0.29, 0.717) is 29.3 Å². The molecule has 5 rings (SSSR count). The molecule has 1 fully saturated rings. The largest absolute Gasteiger partial charge is 0.573 e. The quantitative estimate of drug-likeness (QED) is 0.264. The average Bonchev–Trinajstić information content (AvgIpc) is 3.41. The number of para-hydroxylation sites is 1. The second-order valence-electron chi connectivity index (χ2n) is 10.3. The van der Waals surface area contributed by atoms with Crippen molar-refractivity contribution >= 4 is 17.5 Å². The van der Waals surface area contributed by atoms with Crippen LogP contribution in [0.1, 0.15) is 35.4 Å². The molecule has 3 heterocycles. The van der Waals surface area contributed by atoms with Crippen LogP contribution in [-0.2, 0) is 9.53 Å². The second-order valence-corrected chi connectivity index (χ2v) is 10.3. The van der Waals surface area contributed by atoms with Gasteiger partial charge in [-0.3, -0.25) is 19.5 Å². The molecule has 0 radical (unpaired) electrons. The van der Waals surface area contributed by atoms with Crippen molar-refractivity contribution in [3.63, 3.8) is 0 Å². The van der Waals surface area contributed by atoms with Gasteiger partial charge in [-0.25, -0.2) is 0 Å². The summed E-state index contributed by atoms with van der Waals surface area (Å²) >= 11 is 0. The fourth-order valence-corrected chi connectivity index (χ4v) is 4.81. The lowest BCUT2D eigenvalue weighted by Gasteiger charge is -2.26. The van der Waals surface area contributed by atoms with Gasteiger partial charge in [-0.1, -0.05) is 18.2 Å². The van der Waals surface area contributed by atoms with Crippen molar-refractivity contribution in [2.75, 3.05) is 44.7 Å². The normalized spacial score (nSPS) is 16.8. The standard InChI is InChI=1S/C31H31F3N6O5/c1-20-27(24-5-2-3-6-26(24)45-31(32,33)34)38-39-28(20)30(42)37-21-7-9-22(10-8-21)44-23-11-13-35-25(19-23)29(41)36-12-4-14-40-15-17-43-18-16-40/h2-3,5-11,13,19,27H,4,12,14-18H2,1H3,(H,36,41)(H,37,42). The van der Waals surface area contributed by atoms with Gasteiger partial charge in [0.1, 0.15) is 29.0 Å². The van der Waals surface area contributed by atoms with Gasteiger partial charge >= 0.3 is 6.36 Å². The van der Waals surface area contributed by atoms with Gasteiger partial charge in [0, 0.05) is 43.1 Å². The predicted molar refractivity (Wildman–Crippen MR) is 157 cm³/mol. The van der Waals surface area contributed by atoms with E-state index in [1.807, 2.05) is 0 Å². The van der Waals surface area contributed by atoms with Gasteiger partial charge in [-0.2, -0.15) is 5.11 Å². The number of nitrogens with one attached hydrogen (secondary N) is 2. The molecule has 1 aromatic heterocycles. The molecule has 2 aliphatic rings. The van der Waals surface area contributed by atoms with E-state index < -0.39 is 24.1 Å². The molecule has 2 aliphatic heterocycles. The van der Waals surface area contributed by atoms with Crippen molar-refractivity contribution < 1.29 is 37.0 Å². The number of benzene rings is 2. The van der Waals surface area contributed by atoms with Crippen LogP contribution in [0.5, 0.6) is 17.2 Å². The first-order valence-corrected chi connectivity index (χ1v) is 14.3. The molecule has 1 saturated heterocycles. The van der Waals surface area contributed by atoms with Gasteiger partial charge < -0.3 is 24.8 Å². The summed E-state index contributed by atoms with van der Waals surface area (Å²) in [7, 11) is 0. The van der Waals surface area contributed by atoms with Crippen LogP contribution in [-0.4, -0.2) is 67.5 Å². The Balaban J connectivity index is 1.14. The van der Waals surface area contributed by atoms with E-state index in [0.717, 1.165) is 39.3 Å². The lowest BCUT2D eigenvalue weighted by atomic mass is 9.99. The smallest absolute Gasteiger partial charge is 0.457 e. The number of halogens is 3. The fraction of sp³-hybridized carbons (Fsp3) is 0.323. The molecule has 3 aromatic rings. The van der Waals surface area contributed by atoms with Crippen molar-refractivity contribution in [3.8, 4) is 17.2 Å². The molecule has 1 atom stereocenters. The summed E-state index contributed by atoms with van der Waals surface area (Å²) in [6.45, 7) is 6.25. The van der Waals surface area contributed by atoms with Crippen LogP contribution in [0, 0.1) is 0 Å². The van der Waals surface area contributed by atoms with Crippen LogP contribution >= 0.6 is 0 Å². The van der Waals surface area contributed by atoms with E-state index in [9.17, 15) is 22.8 Å². The maximum absolute atomic E-state index is 13.0. The first-order valence-electron chi connectivity index (χ1n) is 14.3. The average molecular weight is 625 g/mol. The summed E-state index contributed by atoms with van der Waals surface area (Å²) in [4.78, 5) is 32.0. The van der Waals surface area contributed by atoms with Crippen LogP contribution in [0.3, 0.4) is 0 Å². The molecule has 14 heteroatoms. The number of rotatable bonds is 11. The van der Waals surface area contributed by atoms with Crippen molar-refractivity contribution in [1.29, 1.82) is 0 Å². The maximum atomic E-state index is 13.0. The summed E-state index contributed by atoms with van der Waals surface area (Å²) in [5, 5.41) is 13.6. The lowest BCUT2D eigenvalue weighted by molar-refractivity contribution is -0.274. The van der Waals surface area contributed by atoms with Crippen LogP contribution in [0.15, 0.2) is 88.4 Å². The molecule has 2 amide bonds. The minimum absolute atomic E-state index is 0.00850. The zero-order valence-electron chi connectivity index (χ0n) is 24.3. The van der Waals surface area contributed by atoms with Crippen LogP contribution in [0.4, 0.5) is 18.9 Å². The number of pyridine rings is 1. The Morgan fingerprint density at radius 3 is 2.53 bits per heavy atom. The van der Waals surface area contributed by atoms with E-state index in [1.165, 1.54) is 24.4 Å². The molecule has 0 saturated carbocycles. The van der Waals surface area contributed by atoms with Gasteiger partial charge in [0.05, 0.1) is 13.2 Å². The highest BCUT2D eigenvalue weighted by Gasteiger charge is 2.35. The Labute approximate surface area is 257 Å². The molecule has 0 spiro atoms. The Kier molecular flexibility index (Phi) is 10.0. The summed E-state index contributed by atoms with van der Waals surface area (Å²) in [6.07, 6.45) is -2.58. The number of alkyl halides is 3. The zero-order chi connectivity index (χ0) is 31.8. The number of carbonyl (C=O) groups is 2. The molecule has 236 valence electrons. The lowest BCUT2D eigenvalue weighted by Crippen LogP contribution is -2.38. The number of morpholine rings is 1. The highest BCUT2D eigenvalue weighted by atomic mass is 19.4. The number of aromatic nitrogens is 1. The summed E-state index contributed by atoms with van der Waals surface area (Å²) in [5.74, 6) is -0.419. The first-order chi connectivity index (χ1) is 21.7. The van der Waals surface area contributed by atoms with Gasteiger partial charge in [0.15, 0.2) is 5.70 Å². The number of amides is 2. The Morgan fingerprint density at radius 1 is 1.02 bits per heavy atom. The van der Waals surface area contributed by atoms with Crippen molar-refractivity contribution in [2.45, 2.75) is 25.7 Å². The third-order valence-electron chi connectivity index (χ3n) is 7.06. The molecule has 2 aromatic carbocycles. The fourth-order valence-electron chi connectivity index (χ4n) is 4.81. The predicted octanol–water partition coefficient (Wildman–Crippen LogP) is 5.64. The van der Waals surface area contributed by atoms with Gasteiger partial charge in [0.2, 0.25) is 0 Å². The zero-order valence-corrected chi connectivity index (χ0v) is 24.3. The molecule has 0 bridgehead atoms. The van der Waals surface area contributed by atoms with E-state index in [-0.39, 0.29) is 22.9 Å². The van der Waals surface area contributed by atoms with E-state index in [2.05, 4.69) is 35.5 Å². The molecular formula is C31H31F3N6O5. The molecule has 0 aliphatic carbocycles. The molecule has 2 N–H and O–H groups in total. The molecular weight excluding hydrogens is 593 g/mol. The summed E-state index contributed by atoms with van der Waals surface area (Å²) in [5.41, 5.74) is 1.16. The Hall–Kier alpha value is -4.82. The van der Waals surface area contributed by atoms with Crippen LogP contribution < -0.4 is 20.1 Å². The monoisotopic (exact) mass is 624 g/mol. The number of nitrogens with zero attached hydrogens (tertiary/aromatic N) is 4. The highest BCUT2D eigenvalue weighted by molar-refractivity contribution is 6.04. The third kappa shape index (κ3) is 8.64. The minimum Gasteiger partial charge on any atom is -0.457 e. The van der Waals surface area contributed by atoms with Crippen LogP contribution in [0.25, 0.3) is 0 Å². The molecule has 1 unspecified atom stereocenters. The summed E-state index contributed by atoms with van der Waals surface area (Å²) < 4.78 is 54.0. The van der Waals surface area contributed by atoms with E-state index in [1.54, 1.807) is 49.4 Å². The Morgan fingerprint density at radius 2 is 1.78 bits per heavy atom. The number of hydrogen-bond acceptors (Lipinski definition) is 9. The van der Waals surface area contributed by atoms with Crippen molar-refractivity contribution in [3.05, 3.63) is 89.4 Å². The second kappa shape index (κ2) is 14.3.